The number of nitrogens with one attached hydrogen (secondary N) is 1. The number of phenols is 1. The Labute approximate surface area is 141 Å². The second-order valence-corrected chi connectivity index (χ2v) is 6.94. The van der Waals surface area contributed by atoms with E-state index < -0.39 is 0 Å². The number of hydrogen-bond donors (Lipinski definition) is 2. The lowest BCUT2D eigenvalue weighted by molar-refractivity contribution is 0.230. The van der Waals surface area contributed by atoms with E-state index in [0.29, 0.717) is 17.2 Å². The summed E-state index contributed by atoms with van der Waals surface area (Å²) >= 11 is 0. The lowest BCUT2D eigenvalue weighted by Crippen LogP contribution is -2.39. The molecule has 2 aliphatic carbocycles. The minimum atomic E-state index is -0.134. The number of rotatable bonds is 3. The second kappa shape index (κ2) is 6.30. The maximum atomic E-state index is 12.7. The Bertz CT molecular complexity index is 743. The van der Waals surface area contributed by atoms with E-state index in [-0.39, 0.29) is 17.8 Å². The van der Waals surface area contributed by atoms with Crippen molar-refractivity contribution >= 4 is 6.03 Å². The zero-order valence-electron chi connectivity index (χ0n) is 13.7. The van der Waals surface area contributed by atoms with Gasteiger partial charge in [0.05, 0.1) is 11.4 Å². The third kappa shape index (κ3) is 3.03. The number of nitrogens with zero attached hydrogens (tertiary/aromatic N) is 2. The van der Waals surface area contributed by atoms with Crippen LogP contribution in [0.15, 0.2) is 30.3 Å². The third-order valence-electron chi connectivity index (χ3n) is 5.04. The van der Waals surface area contributed by atoms with Crippen LogP contribution >= 0.6 is 0 Å². The molecule has 0 atom stereocenters. The number of hydrogen-bond acceptors (Lipinski definition) is 3. The molecule has 1 heterocycles. The van der Waals surface area contributed by atoms with Gasteiger partial charge in [-0.3, -0.25) is 0 Å². The molecule has 1 aromatic carbocycles. The molecule has 2 saturated carbocycles. The number of aromatic hydroxyl groups is 1. The van der Waals surface area contributed by atoms with Gasteiger partial charge in [-0.05, 0) is 43.9 Å². The smallest absolute Gasteiger partial charge is 0.342 e. The van der Waals surface area contributed by atoms with Crippen LogP contribution in [0.1, 0.15) is 56.6 Å². The Hall–Kier alpha value is -2.30. The minimum Gasteiger partial charge on any atom is -0.507 e. The predicted molar refractivity (Wildman–Crippen MR) is 92.1 cm³/mol. The standard InChI is InChI=1S/C19H23N3O2/c23-18-9-5-4-8-15(18)16-12-17(13-10-11-13)22(21-16)19(24)20-14-6-2-1-3-7-14/h4-5,8-9,12-14,23H,1-3,6-7,10-11H2,(H,20,24). The SMILES string of the molecule is O=C(NC1CCCCC1)n1nc(-c2ccccc2O)cc1C1CC1. The number of benzene rings is 1. The molecule has 2 aliphatic rings. The molecule has 2 aromatic rings. The van der Waals surface area contributed by atoms with E-state index >= 15 is 0 Å². The molecule has 0 saturated heterocycles. The summed E-state index contributed by atoms with van der Waals surface area (Å²) in [7, 11) is 0. The number of para-hydroxylation sites is 1. The summed E-state index contributed by atoms with van der Waals surface area (Å²) < 4.78 is 1.52. The first-order valence-electron chi connectivity index (χ1n) is 8.91. The summed E-state index contributed by atoms with van der Waals surface area (Å²) in [6.45, 7) is 0. The van der Waals surface area contributed by atoms with Crippen molar-refractivity contribution in [3.05, 3.63) is 36.0 Å². The first-order chi connectivity index (χ1) is 11.7. The van der Waals surface area contributed by atoms with Gasteiger partial charge in [0.2, 0.25) is 0 Å². The molecule has 0 radical (unpaired) electrons. The van der Waals surface area contributed by atoms with E-state index in [1.54, 1.807) is 12.1 Å². The topological polar surface area (TPSA) is 67.2 Å². The van der Waals surface area contributed by atoms with Crippen LogP contribution in [0, 0.1) is 0 Å². The van der Waals surface area contributed by atoms with Crippen LogP contribution < -0.4 is 5.32 Å². The van der Waals surface area contributed by atoms with Gasteiger partial charge in [0.1, 0.15) is 5.75 Å². The van der Waals surface area contributed by atoms with Gasteiger partial charge in [0.15, 0.2) is 0 Å². The number of carbonyl (C=O) groups excluding carboxylic acids is 1. The van der Waals surface area contributed by atoms with Gasteiger partial charge in [-0.15, -0.1) is 0 Å². The predicted octanol–water partition coefficient (Wildman–Crippen LogP) is 4.02. The van der Waals surface area contributed by atoms with Crippen LogP contribution in [-0.4, -0.2) is 27.0 Å². The fourth-order valence-electron chi connectivity index (χ4n) is 3.53. The van der Waals surface area contributed by atoms with Gasteiger partial charge in [-0.2, -0.15) is 9.78 Å². The van der Waals surface area contributed by atoms with Crippen LogP contribution in [0.2, 0.25) is 0 Å². The summed E-state index contributed by atoms with van der Waals surface area (Å²) in [6.07, 6.45) is 7.94. The molecule has 0 spiro atoms. The minimum absolute atomic E-state index is 0.134. The Balaban J connectivity index is 1.62. The summed E-state index contributed by atoms with van der Waals surface area (Å²) in [5.74, 6) is 0.603. The molecule has 5 nitrogen and oxygen atoms in total. The summed E-state index contributed by atoms with van der Waals surface area (Å²) in [6, 6.07) is 9.21. The molecular formula is C19H23N3O2. The monoisotopic (exact) mass is 325 g/mol. The fraction of sp³-hybridized carbons (Fsp3) is 0.474. The van der Waals surface area contributed by atoms with Crippen molar-refractivity contribution in [2.24, 2.45) is 0 Å². The van der Waals surface area contributed by atoms with Gasteiger partial charge in [-0.1, -0.05) is 31.4 Å². The zero-order valence-corrected chi connectivity index (χ0v) is 13.7. The molecular weight excluding hydrogens is 302 g/mol. The Morgan fingerprint density at radius 2 is 1.88 bits per heavy atom. The lowest BCUT2D eigenvalue weighted by atomic mass is 9.96. The maximum absolute atomic E-state index is 12.7. The molecule has 5 heteroatoms. The first kappa shape index (κ1) is 15.2. The van der Waals surface area contributed by atoms with E-state index in [1.807, 2.05) is 18.2 Å². The highest BCUT2D eigenvalue weighted by atomic mass is 16.3. The van der Waals surface area contributed by atoms with Crippen LogP contribution in [0.4, 0.5) is 4.79 Å². The van der Waals surface area contributed by atoms with E-state index in [1.165, 1.54) is 23.9 Å². The summed E-state index contributed by atoms with van der Waals surface area (Å²) in [5.41, 5.74) is 2.29. The largest absolute Gasteiger partial charge is 0.507 e. The van der Waals surface area contributed by atoms with Gasteiger partial charge < -0.3 is 10.4 Å². The van der Waals surface area contributed by atoms with Crippen LogP contribution in [0.25, 0.3) is 11.3 Å². The molecule has 2 fully saturated rings. The Kier molecular flexibility index (Phi) is 4.00. The molecule has 0 bridgehead atoms. The first-order valence-corrected chi connectivity index (χ1v) is 8.91. The Morgan fingerprint density at radius 3 is 2.58 bits per heavy atom. The molecule has 0 aliphatic heterocycles. The second-order valence-electron chi connectivity index (χ2n) is 6.94. The van der Waals surface area contributed by atoms with Crippen molar-refractivity contribution in [2.75, 3.05) is 0 Å². The normalized spacial score (nSPS) is 18.5. The Morgan fingerprint density at radius 1 is 1.12 bits per heavy atom. The van der Waals surface area contributed by atoms with E-state index in [2.05, 4.69) is 10.4 Å². The number of phenolic OH excluding ortho intramolecular Hbond substituents is 1. The average Bonchev–Trinajstić information content (AvgIpc) is 3.35. The number of amides is 1. The van der Waals surface area contributed by atoms with Crippen molar-refractivity contribution in [2.45, 2.75) is 56.9 Å². The number of carbonyl (C=O) groups is 1. The molecule has 2 N–H and O–H groups in total. The summed E-state index contributed by atoms with van der Waals surface area (Å²) in [5, 5.41) is 17.7. The number of aromatic nitrogens is 2. The van der Waals surface area contributed by atoms with E-state index in [4.69, 9.17) is 0 Å². The summed E-state index contributed by atoms with van der Waals surface area (Å²) in [4.78, 5) is 12.7. The highest BCUT2D eigenvalue weighted by molar-refractivity contribution is 5.79. The van der Waals surface area contributed by atoms with Crippen molar-refractivity contribution in [1.82, 2.24) is 15.1 Å². The molecule has 0 unspecified atom stereocenters. The van der Waals surface area contributed by atoms with Crippen molar-refractivity contribution in [1.29, 1.82) is 0 Å². The highest BCUT2D eigenvalue weighted by Gasteiger charge is 2.31. The third-order valence-corrected chi connectivity index (χ3v) is 5.04. The highest BCUT2D eigenvalue weighted by Crippen LogP contribution is 2.42. The van der Waals surface area contributed by atoms with E-state index in [9.17, 15) is 9.90 Å². The van der Waals surface area contributed by atoms with E-state index in [0.717, 1.165) is 31.4 Å². The van der Waals surface area contributed by atoms with Crippen LogP contribution in [0.3, 0.4) is 0 Å². The van der Waals surface area contributed by atoms with Gasteiger partial charge in [0.25, 0.3) is 0 Å². The molecule has 1 aromatic heterocycles. The van der Waals surface area contributed by atoms with Crippen molar-refractivity contribution < 1.29 is 9.90 Å². The molecule has 24 heavy (non-hydrogen) atoms. The molecule has 126 valence electrons. The molecule has 4 rings (SSSR count). The van der Waals surface area contributed by atoms with Crippen LogP contribution in [-0.2, 0) is 0 Å². The maximum Gasteiger partial charge on any atom is 0.342 e. The van der Waals surface area contributed by atoms with Gasteiger partial charge in [0, 0.05) is 17.5 Å². The fourth-order valence-corrected chi connectivity index (χ4v) is 3.53. The quantitative estimate of drug-likeness (QED) is 0.895. The van der Waals surface area contributed by atoms with Crippen molar-refractivity contribution in [3.8, 4) is 17.0 Å². The zero-order chi connectivity index (χ0) is 16.5. The van der Waals surface area contributed by atoms with Gasteiger partial charge in [-0.25, -0.2) is 4.79 Å². The van der Waals surface area contributed by atoms with Crippen LogP contribution in [0.5, 0.6) is 5.75 Å². The lowest BCUT2D eigenvalue weighted by Gasteiger charge is -2.22. The molecule has 1 amide bonds. The average molecular weight is 325 g/mol. The van der Waals surface area contributed by atoms with Crippen molar-refractivity contribution in [3.63, 3.8) is 0 Å². The van der Waals surface area contributed by atoms with Gasteiger partial charge >= 0.3 is 6.03 Å².